The number of nitrogens with one attached hydrogen (secondary N) is 1. The number of hydrogen-bond acceptors (Lipinski definition) is 8. The van der Waals surface area contributed by atoms with Gasteiger partial charge in [-0.25, -0.2) is 13.6 Å². The van der Waals surface area contributed by atoms with Crippen LogP contribution in [0.4, 0.5) is 0 Å². The van der Waals surface area contributed by atoms with Crippen molar-refractivity contribution >= 4 is 27.7 Å². The van der Waals surface area contributed by atoms with Crippen LogP contribution in [0.3, 0.4) is 0 Å². The third kappa shape index (κ3) is 11.0. The summed E-state index contributed by atoms with van der Waals surface area (Å²) >= 11 is 0. The van der Waals surface area contributed by atoms with Crippen LogP contribution in [0, 0.1) is 17.8 Å². The molecule has 1 aliphatic rings. The zero-order valence-electron chi connectivity index (χ0n) is 28.8. The van der Waals surface area contributed by atoms with Crippen molar-refractivity contribution in [3.63, 3.8) is 0 Å². The van der Waals surface area contributed by atoms with Crippen molar-refractivity contribution in [1.82, 2.24) is 15.1 Å². The van der Waals surface area contributed by atoms with Gasteiger partial charge in [0, 0.05) is 33.9 Å². The molecule has 5 N–H and O–H groups in total. The lowest BCUT2D eigenvalue weighted by Crippen LogP contribution is -2.56. The molecule has 8 atom stereocenters. The van der Waals surface area contributed by atoms with Gasteiger partial charge in [-0.05, 0) is 36.7 Å². The molecule has 12 nitrogen and oxygen atoms in total. The number of hydrogen-bond donors (Lipinski definition) is 3. The zero-order chi connectivity index (χ0) is 34.8. The summed E-state index contributed by atoms with van der Waals surface area (Å²) in [6.45, 7) is 10.1. The van der Waals surface area contributed by atoms with Gasteiger partial charge in [-0.2, -0.15) is 0 Å². The molecule has 13 heteroatoms. The first-order chi connectivity index (χ1) is 21.6. The number of nitrogens with zero attached hydrogens (tertiary/aromatic N) is 2. The van der Waals surface area contributed by atoms with Crippen molar-refractivity contribution in [3.05, 3.63) is 35.9 Å². The number of ether oxygens (including phenoxy) is 2. The molecule has 1 aromatic rings. The third-order valence-electron chi connectivity index (χ3n) is 9.37. The average molecular weight is 668 g/mol. The number of carbonyl (C=O) groups excluding carboxylic acids is 3. The Hall–Kier alpha value is -2.58. The highest BCUT2D eigenvalue weighted by molar-refractivity contribution is 7.89. The summed E-state index contributed by atoms with van der Waals surface area (Å²) in [6, 6.07) is 7.10. The predicted octanol–water partition coefficient (Wildman–Crippen LogP) is 1.91. The summed E-state index contributed by atoms with van der Waals surface area (Å²) in [5.41, 5.74) is 7.07. The van der Waals surface area contributed by atoms with Gasteiger partial charge in [0.25, 0.3) is 0 Å². The maximum Gasteiger partial charge on any atom is 0.239 e. The highest BCUT2D eigenvalue weighted by Crippen LogP contribution is 2.29. The number of primary sulfonamides is 1. The van der Waals surface area contributed by atoms with Gasteiger partial charge in [-0.3, -0.25) is 14.4 Å². The first-order valence-corrected chi connectivity index (χ1v) is 18.0. The van der Waals surface area contributed by atoms with Gasteiger partial charge in [0.2, 0.25) is 27.7 Å². The highest BCUT2D eigenvalue weighted by Gasteiger charge is 2.42. The Bertz CT molecular complexity index is 1230. The SMILES string of the molecule is CC[C@H](C)[C@@H]([C@H](CC(=O)N1CCC[C@H]1[C@H](OC)[C@@H](C)C(=O)N[C@@H](Cc1ccccc1)CS(N)(=O)=O)OC)N(C)C(=O)[C@@H](N)C(C)C. The van der Waals surface area contributed by atoms with Crippen molar-refractivity contribution in [2.45, 2.75) is 103 Å². The fourth-order valence-corrected chi connectivity index (χ4v) is 7.25. The van der Waals surface area contributed by atoms with E-state index in [1.807, 2.05) is 58.0 Å². The number of methoxy groups -OCH3 is 2. The Morgan fingerprint density at radius 2 is 1.72 bits per heavy atom. The standard InChI is InChI=1S/C33H57N5O7S/c1-9-22(4)30(37(6)33(41)29(34)21(2)3)27(44-7)19-28(39)38-17-13-16-26(38)31(45-8)23(5)32(40)36-25(20-46(35,42)43)18-24-14-11-10-12-15-24/h10-12,14-15,21-23,25-27,29-31H,9,13,16-20,34H2,1-8H3,(H,36,40)(H2,35,42,43)/t22-,23+,25-,26-,27-,29-,30-,31+/m0/s1. The van der Waals surface area contributed by atoms with E-state index in [0.29, 0.717) is 13.0 Å². The van der Waals surface area contributed by atoms with Crippen LogP contribution >= 0.6 is 0 Å². The van der Waals surface area contributed by atoms with Gasteiger partial charge in [0.1, 0.15) is 0 Å². The van der Waals surface area contributed by atoms with Crippen molar-refractivity contribution in [2.75, 3.05) is 33.6 Å². The van der Waals surface area contributed by atoms with Crippen LogP contribution < -0.4 is 16.2 Å². The number of benzene rings is 1. The molecule has 0 saturated carbocycles. The molecule has 0 aliphatic carbocycles. The fraction of sp³-hybridized carbons (Fsp3) is 0.727. The lowest BCUT2D eigenvalue weighted by atomic mass is 9.89. The zero-order valence-corrected chi connectivity index (χ0v) is 29.7. The molecule has 1 heterocycles. The second kappa shape index (κ2) is 18.1. The number of rotatable bonds is 18. The van der Waals surface area contributed by atoms with Crippen molar-refractivity contribution in [3.8, 4) is 0 Å². The van der Waals surface area contributed by atoms with Crippen molar-refractivity contribution in [2.24, 2.45) is 28.6 Å². The molecule has 0 radical (unpaired) electrons. The van der Waals surface area contributed by atoms with Crippen LogP contribution in [0.2, 0.25) is 0 Å². The van der Waals surface area contributed by atoms with E-state index < -0.39 is 46.0 Å². The van der Waals surface area contributed by atoms with E-state index in [0.717, 1.165) is 18.4 Å². The summed E-state index contributed by atoms with van der Waals surface area (Å²) in [5, 5.41) is 8.23. The van der Waals surface area contributed by atoms with Crippen LogP contribution in [0.25, 0.3) is 0 Å². The average Bonchev–Trinajstić information content (AvgIpc) is 3.49. The number of sulfonamides is 1. The largest absolute Gasteiger partial charge is 0.379 e. The maximum absolute atomic E-state index is 13.9. The molecular formula is C33H57N5O7S. The van der Waals surface area contributed by atoms with E-state index in [1.54, 1.807) is 30.9 Å². The molecular weight excluding hydrogens is 610 g/mol. The second-order valence-electron chi connectivity index (χ2n) is 13.1. The Morgan fingerprint density at radius 1 is 1.09 bits per heavy atom. The summed E-state index contributed by atoms with van der Waals surface area (Å²) < 4.78 is 35.7. The Labute approximate surface area is 276 Å². The molecule has 46 heavy (non-hydrogen) atoms. The quantitative estimate of drug-likeness (QED) is 0.213. The molecule has 1 aromatic carbocycles. The van der Waals surface area contributed by atoms with Gasteiger partial charge in [-0.1, -0.05) is 71.4 Å². The highest BCUT2D eigenvalue weighted by atomic mass is 32.2. The van der Waals surface area contributed by atoms with Gasteiger partial charge in [-0.15, -0.1) is 0 Å². The van der Waals surface area contributed by atoms with Crippen LogP contribution in [-0.2, 0) is 40.3 Å². The summed E-state index contributed by atoms with van der Waals surface area (Å²) in [5.74, 6) is -1.85. The van der Waals surface area contributed by atoms with E-state index >= 15 is 0 Å². The topological polar surface area (TPSA) is 174 Å². The van der Waals surface area contributed by atoms with Crippen molar-refractivity contribution < 1.29 is 32.3 Å². The minimum absolute atomic E-state index is 0.0389. The fourth-order valence-electron chi connectivity index (χ4n) is 6.49. The summed E-state index contributed by atoms with van der Waals surface area (Å²) in [7, 11) is 0.912. The lowest BCUT2D eigenvalue weighted by molar-refractivity contribution is -0.146. The minimum Gasteiger partial charge on any atom is -0.379 e. The van der Waals surface area contributed by atoms with E-state index in [-0.39, 0.29) is 54.5 Å². The molecule has 1 saturated heterocycles. The summed E-state index contributed by atoms with van der Waals surface area (Å²) in [6.07, 6.45) is 1.27. The molecule has 0 unspecified atom stereocenters. The monoisotopic (exact) mass is 667 g/mol. The van der Waals surface area contributed by atoms with Gasteiger partial charge < -0.3 is 30.3 Å². The number of amides is 3. The molecule has 0 aromatic heterocycles. The number of carbonyl (C=O) groups is 3. The molecule has 0 bridgehead atoms. The molecule has 0 spiro atoms. The van der Waals surface area contributed by atoms with Crippen LogP contribution in [0.1, 0.15) is 65.9 Å². The van der Waals surface area contributed by atoms with Gasteiger partial charge in [0.15, 0.2) is 0 Å². The van der Waals surface area contributed by atoms with Crippen molar-refractivity contribution in [1.29, 1.82) is 0 Å². The molecule has 1 aliphatic heterocycles. The Kier molecular flexibility index (Phi) is 15.6. The van der Waals surface area contributed by atoms with Gasteiger partial charge in [0.05, 0.1) is 48.4 Å². The Balaban J connectivity index is 2.23. The van der Waals surface area contributed by atoms with E-state index in [9.17, 15) is 22.8 Å². The number of nitrogens with two attached hydrogens (primary N) is 2. The first kappa shape index (κ1) is 39.6. The molecule has 262 valence electrons. The number of likely N-dealkylation sites (N-methyl/N-ethyl adjacent to an activating group) is 1. The minimum atomic E-state index is -3.87. The maximum atomic E-state index is 13.9. The first-order valence-electron chi connectivity index (χ1n) is 16.3. The molecule has 3 amide bonds. The molecule has 1 fully saturated rings. The Morgan fingerprint density at radius 3 is 2.24 bits per heavy atom. The van der Waals surface area contributed by atoms with Gasteiger partial charge >= 0.3 is 0 Å². The third-order valence-corrected chi connectivity index (χ3v) is 10.2. The smallest absolute Gasteiger partial charge is 0.239 e. The second-order valence-corrected chi connectivity index (χ2v) is 14.7. The van der Waals surface area contributed by atoms with E-state index in [1.165, 1.54) is 7.11 Å². The van der Waals surface area contributed by atoms with Crippen LogP contribution in [0.5, 0.6) is 0 Å². The van der Waals surface area contributed by atoms with E-state index in [4.69, 9.17) is 20.3 Å². The molecule has 2 rings (SSSR count). The number of likely N-dealkylation sites (tertiary alicyclic amines) is 1. The van der Waals surface area contributed by atoms with Crippen LogP contribution in [-0.4, -0.2) is 106 Å². The summed E-state index contributed by atoms with van der Waals surface area (Å²) in [4.78, 5) is 44.1. The lowest BCUT2D eigenvalue weighted by Gasteiger charge is -2.40. The normalized spacial score (nSPS) is 20.0. The van der Waals surface area contributed by atoms with E-state index in [2.05, 4.69) is 5.32 Å². The predicted molar refractivity (Wildman–Crippen MR) is 179 cm³/mol. The van der Waals surface area contributed by atoms with Crippen LogP contribution in [0.15, 0.2) is 30.3 Å².